The van der Waals surface area contributed by atoms with Crippen LogP contribution < -0.4 is 0 Å². The van der Waals surface area contributed by atoms with Crippen molar-refractivity contribution >= 4 is 5.97 Å². The number of halogens is 4. The van der Waals surface area contributed by atoms with E-state index in [0.717, 1.165) is 50.2 Å². The van der Waals surface area contributed by atoms with Gasteiger partial charge < -0.3 is 5.11 Å². The van der Waals surface area contributed by atoms with Gasteiger partial charge in [0.25, 0.3) is 0 Å². The van der Waals surface area contributed by atoms with E-state index in [1.807, 2.05) is 6.08 Å². The third-order valence-corrected chi connectivity index (χ3v) is 7.95. The third kappa shape index (κ3) is 4.91. The molecule has 2 nitrogen and oxygen atoms in total. The Morgan fingerprint density at radius 1 is 0.882 bits per heavy atom. The van der Waals surface area contributed by atoms with Crippen LogP contribution in [0.15, 0.2) is 36.9 Å². The maximum atomic E-state index is 15.3. The Kier molecular flexibility index (Phi) is 7.44. The summed E-state index contributed by atoms with van der Waals surface area (Å²) in [7, 11) is 0. The summed E-state index contributed by atoms with van der Waals surface area (Å²) >= 11 is 0. The highest BCUT2D eigenvalue weighted by Crippen LogP contribution is 2.46. The van der Waals surface area contributed by atoms with Gasteiger partial charge in [0.05, 0.1) is 5.56 Å². The van der Waals surface area contributed by atoms with Crippen LogP contribution in [0.3, 0.4) is 0 Å². The van der Waals surface area contributed by atoms with E-state index < -0.39 is 34.8 Å². The molecule has 2 aliphatic rings. The van der Waals surface area contributed by atoms with Gasteiger partial charge in [-0.15, -0.1) is 6.58 Å². The van der Waals surface area contributed by atoms with Crippen molar-refractivity contribution in [3.05, 3.63) is 71.3 Å². The van der Waals surface area contributed by atoms with Gasteiger partial charge in [-0.25, -0.2) is 22.4 Å². The van der Waals surface area contributed by atoms with E-state index in [1.165, 1.54) is 31.7 Å². The predicted octanol–water partition coefficient (Wildman–Crippen LogP) is 8.26. The molecule has 2 aromatic rings. The van der Waals surface area contributed by atoms with Crippen LogP contribution >= 0.6 is 0 Å². The third-order valence-electron chi connectivity index (χ3n) is 7.95. The first kappa shape index (κ1) is 24.5. The van der Waals surface area contributed by atoms with Crippen LogP contribution in [-0.2, 0) is 0 Å². The smallest absolute Gasteiger partial charge is 0.338 e. The zero-order valence-corrected chi connectivity index (χ0v) is 19.1. The molecule has 4 rings (SSSR count). The van der Waals surface area contributed by atoms with Crippen LogP contribution in [0.5, 0.6) is 0 Å². The molecule has 6 heteroatoms. The van der Waals surface area contributed by atoms with Crippen LogP contribution in [-0.4, -0.2) is 11.1 Å². The van der Waals surface area contributed by atoms with Crippen molar-refractivity contribution in [2.75, 3.05) is 0 Å². The molecule has 182 valence electrons. The fraction of sp³-hybridized carbons (Fsp3) is 0.464. The van der Waals surface area contributed by atoms with Crippen molar-refractivity contribution < 1.29 is 27.5 Å². The molecule has 0 amide bonds. The minimum atomic E-state index is -1.64. The van der Waals surface area contributed by atoms with Gasteiger partial charge in [0.2, 0.25) is 0 Å². The van der Waals surface area contributed by atoms with E-state index in [2.05, 4.69) is 6.58 Å². The Morgan fingerprint density at radius 3 is 1.97 bits per heavy atom. The molecule has 0 aliphatic heterocycles. The van der Waals surface area contributed by atoms with E-state index in [1.54, 1.807) is 6.07 Å². The molecule has 0 heterocycles. The minimum absolute atomic E-state index is 0.0584. The van der Waals surface area contributed by atoms with Gasteiger partial charge in [-0.1, -0.05) is 12.1 Å². The summed E-state index contributed by atoms with van der Waals surface area (Å²) < 4.78 is 56.8. The summed E-state index contributed by atoms with van der Waals surface area (Å²) in [4.78, 5) is 11.5. The number of aromatic carboxylic acids is 1. The Balaban J connectivity index is 1.58. The van der Waals surface area contributed by atoms with Crippen molar-refractivity contribution in [3.8, 4) is 11.1 Å². The quantitative estimate of drug-likeness (QED) is 0.260. The lowest BCUT2D eigenvalue weighted by Crippen LogP contribution is -2.25. The highest BCUT2D eigenvalue weighted by molar-refractivity contribution is 5.90. The summed E-state index contributed by atoms with van der Waals surface area (Å²) in [5.41, 5.74) is -0.379. The number of carboxylic acids is 1. The second-order valence-corrected chi connectivity index (χ2v) is 9.87. The molecule has 2 aromatic carbocycles. The number of rotatable bonds is 6. The molecule has 0 spiro atoms. The first-order valence-corrected chi connectivity index (χ1v) is 12.1. The lowest BCUT2D eigenvalue weighted by Gasteiger charge is -2.38. The fourth-order valence-electron chi connectivity index (χ4n) is 6.12. The Bertz CT molecular complexity index is 1040. The van der Waals surface area contributed by atoms with Crippen LogP contribution in [0.25, 0.3) is 11.1 Å². The van der Waals surface area contributed by atoms with Crippen LogP contribution in [0.4, 0.5) is 17.6 Å². The molecule has 0 atom stereocenters. The zero-order valence-electron chi connectivity index (χ0n) is 19.1. The molecule has 34 heavy (non-hydrogen) atoms. The maximum absolute atomic E-state index is 15.3. The molecule has 0 aromatic heterocycles. The van der Waals surface area contributed by atoms with Gasteiger partial charge in [0, 0.05) is 5.56 Å². The highest BCUT2D eigenvalue weighted by Gasteiger charge is 2.33. The highest BCUT2D eigenvalue weighted by atomic mass is 19.2. The van der Waals surface area contributed by atoms with Crippen LogP contribution in [0, 0.1) is 41.0 Å². The van der Waals surface area contributed by atoms with Crippen molar-refractivity contribution in [1.29, 1.82) is 0 Å². The number of hydrogen-bond acceptors (Lipinski definition) is 1. The molecule has 2 fully saturated rings. The average molecular weight is 475 g/mol. The van der Waals surface area contributed by atoms with E-state index in [-0.39, 0.29) is 17.0 Å². The number of hydrogen-bond donors (Lipinski definition) is 1. The molecule has 2 saturated carbocycles. The molecule has 0 unspecified atom stereocenters. The van der Waals surface area contributed by atoms with Gasteiger partial charge in [-0.2, -0.15) is 0 Å². The van der Waals surface area contributed by atoms with Crippen molar-refractivity contribution in [1.82, 2.24) is 0 Å². The molecule has 0 saturated heterocycles. The summed E-state index contributed by atoms with van der Waals surface area (Å²) in [5.74, 6) is -5.04. The standard InChI is InChI=1S/C28H30F4O2/c1-2-3-16-4-6-17(7-5-16)18-8-10-19(11-9-18)21-12-13-22(28(33)34)26(31)25(21)20-14-23(29)27(32)24(30)15-20/h2,12-19H,1,3-11H2,(H,33,34). The van der Waals surface area contributed by atoms with Crippen molar-refractivity contribution in [2.24, 2.45) is 17.8 Å². The fourth-order valence-corrected chi connectivity index (χ4v) is 6.12. The van der Waals surface area contributed by atoms with E-state index in [9.17, 15) is 23.1 Å². The van der Waals surface area contributed by atoms with Gasteiger partial charge in [0.15, 0.2) is 17.5 Å². The molecule has 1 N–H and O–H groups in total. The van der Waals surface area contributed by atoms with Crippen molar-refractivity contribution in [3.63, 3.8) is 0 Å². The first-order chi connectivity index (χ1) is 16.3. The normalized spacial score (nSPS) is 25.2. The first-order valence-electron chi connectivity index (χ1n) is 12.1. The number of carboxylic acid groups (broad SMARTS) is 1. The summed E-state index contributed by atoms with van der Waals surface area (Å²) in [6.07, 6.45) is 11.5. The zero-order chi connectivity index (χ0) is 24.4. The topological polar surface area (TPSA) is 37.3 Å². The Hall–Kier alpha value is -2.63. The average Bonchev–Trinajstić information content (AvgIpc) is 2.82. The van der Waals surface area contributed by atoms with E-state index in [4.69, 9.17) is 0 Å². The second-order valence-electron chi connectivity index (χ2n) is 9.87. The lowest BCUT2D eigenvalue weighted by molar-refractivity contribution is 0.0692. The molecule has 0 bridgehead atoms. The van der Waals surface area contributed by atoms with Crippen LogP contribution in [0.1, 0.15) is 79.6 Å². The van der Waals surface area contributed by atoms with E-state index in [0.29, 0.717) is 17.4 Å². The van der Waals surface area contributed by atoms with Crippen molar-refractivity contribution in [2.45, 2.75) is 63.7 Å². The van der Waals surface area contributed by atoms with E-state index >= 15 is 4.39 Å². The monoisotopic (exact) mass is 474 g/mol. The summed E-state index contributed by atoms with van der Waals surface area (Å²) in [6.45, 7) is 3.85. The molecular weight excluding hydrogens is 444 g/mol. The number of benzene rings is 2. The molecular formula is C28H30F4O2. The maximum Gasteiger partial charge on any atom is 0.338 e. The van der Waals surface area contributed by atoms with Gasteiger partial charge in [-0.3, -0.25) is 0 Å². The molecule has 0 radical (unpaired) electrons. The number of carbonyl (C=O) groups is 1. The number of allylic oxidation sites excluding steroid dienone is 1. The lowest BCUT2D eigenvalue weighted by atomic mass is 9.67. The minimum Gasteiger partial charge on any atom is -0.478 e. The Morgan fingerprint density at radius 2 is 1.44 bits per heavy atom. The largest absolute Gasteiger partial charge is 0.478 e. The molecule has 2 aliphatic carbocycles. The second kappa shape index (κ2) is 10.3. The Labute approximate surface area is 197 Å². The van der Waals surface area contributed by atoms with Crippen LogP contribution in [0.2, 0.25) is 0 Å². The summed E-state index contributed by atoms with van der Waals surface area (Å²) in [6, 6.07) is 4.23. The van der Waals surface area contributed by atoms with Gasteiger partial charge in [-0.05, 0) is 111 Å². The van der Waals surface area contributed by atoms with Gasteiger partial charge >= 0.3 is 5.97 Å². The predicted molar refractivity (Wildman–Crippen MR) is 124 cm³/mol. The van der Waals surface area contributed by atoms with Gasteiger partial charge in [0.1, 0.15) is 5.82 Å². The summed E-state index contributed by atoms with van der Waals surface area (Å²) in [5, 5.41) is 9.37. The SMILES string of the molecule is C=CCC1CCC(C2CCC(c3ccc(C(=O)O)c(F)c3-c3cc(F)c(F)c(F)c3)CC2)CC1.